The zero-order valence-corrected chi connectivity index (χ0v) is 14.5. The van der Waals surface area contributed by atoms with Crippen LogP contribution in [-0.4, -0.2) is 37.6 Å². The lowest BCUT2D eigenvalue weighted by molar-refractivity contribution is -0.0229. The summed E-state index contributed by atoms with van der Waals surface area (Å²) in [4.78, 5) is 14.6. The summed E-state index contributed by atoms with van der Waals surface area (Å²) in [6.07, 6.45) is -0.111. The Morgan fingerprint density at radius 2 is 2.09 bits per heavy atom. The van der Waals surface area contributed by atoms with Gasteiger partial charge in [0.2, 0.25) is 0 Å². The van der Waals surface area contributed by atoms with Crippen LogP contribution in [0.4, 0.5) is 0 Å². The van der Waals surface area contributed by atoms with Gasteiger partial charge in [0.1, 0.15) is 11.9 Å². The van der Waals surface area contributed by atoms with Crippen molar-refractivity contribution in [2.45, 2.75) is 6.10 Å². The van der Waals surface area contributed by atoms with Gasteiger partial charge in [-0.25, -0.2) is 0 Å². The van der Waals surface area contributed by atoms with Crippen molar-refractivity contribution in [3.8, 4) is 5.75 Å². The summed E-state index contributed by atoms with van der Waals surface area (Å²) in [5, 5.41) is 0. The van der Waals surface area contributed by atoms with Crippen LogP contribution in [0.2, 0.25) is 0 Å². The van der Waals surface area contributed by atoms with Crippen LogP contribution in [0.15, 0.2) is 53.0 Å². The van der Waals surface area contributed by atoms with Crippen LogP contribution in [0.1, 0.15) is 22.0 Å². The molecule has 120 valence electrons. The summed E-state index contributed by atoms with van der Waals surface area (Å²) >= 11 is 3.48. The van der Waals surface area contributed by atoms with Gasteiger partial charge >= 0.3 is 0 Å². The van der Waals surface area contributed by atoms with E-state index in [0.29, 0.717) is 31.0 Å². The van der Waals surface area contributed by atoms with E-state index >= 15 is 0 Å². The van der Waals surface area contributed by atoms with Crippen molar-refractivity contribution in [2.24, 2.45) is 0 Å². The van der Waals surface area contributed by atoms with Crippen molar-refractivity contribution >= 4 is 21.8 Å². The molecular weight excluding hydrogens is 358 g/mol. The molecule has 1 amide bonds. The lowest BCUT2D eigenvalue weighted by Crippen LogP contribution is -2.42. The molecule has 5 heteroatoms. The molecule has 3 rings (SSSR count). The Hall–Kier alpha value is -1.85. The fourth-order valence-corrected chi connectivity index (χ4v) is 3.15. The highest BCUT2D eigenvalue weighted by molar-refractivity contribution is 9.10. The summed E-state index contributed by atoms with van der Waals surface area (Å²) in [7, 11) is 1.58. The SMILES string of the molecule is COc1ccccc1C(=O)N1CCOC(c2cccc(Br)c2)C1. The number of hydrogen-bond donors (Lipinski definition) is 0. The Labute approximate surface area is 144 Å². The van der Waals surface area contributed by atoms with E-state index in [4.69, 9.17) is 9.47 Å². The number of nitrogens with zero attached hydrogens (tertiary/aromatic N) is 1. The topological polar surface area (TPSA) is 38.8 Å². The van der Waals surface area contributed by atoms with E-state index in [1.165, 1.54) is 0 Å². The zero-order chi connectivity index (χ0) is 16.2. The molecule has 2 aromatic carbocycles. The lowest BCUT2D eigenvalue weighted by Gasteiger charge is -2.33. The molecule has 0 N–H and O–H groups in total. The highest BCUT2D eigenvalue weighted by Gasteiger charge is 2.27. The van der Waals surface area contributed by atoms with Crippen molar-refractivity contribution in [3.63, 3.8) is 0 Å². The number of carbonyl (C=O) groups excluding carboxylic acids is 1. The Balaban J connectivity index is 1.79. The molecule has 1 saturated heterocycles. The molecule has 0 bridgehead atoms. The van der Waals surface area contributed by atoms with Crippen LogP contribution in [0.3, 0.4) is 0 Å². The van der Waals surface area contributed by atoms with E-state index in [-0.39, 0.29) is 12.0 Å². The first-order valence-corrected chi connectivity index (χ1v) is 8.27. The van der Waals surface area contributed by atoms with Crippen LogP contribution in [0.25, 0.3) is 0 Å². The van der Waals surface area contributed by atoms with E-state index in [2.05, 4.69) is 15.9 Å². The third kappa shape index (κ3) is 3.57. The second kappa shape index (κ2) is 7.15. The van der Waals surface area contributed by atoms with Crippen LogP contribution in [0.5, 0.6) is 5.75 Å². The minimum Gasteiger partial charge on any atom is -0.496 e. The van der Waals surface area contributed by atoms with Gasteiger partial charge in [0.15, 0.2) is 0 Å². The number of rotatable bonds is 3. The quantitative estimate of drug-likeness (QED) is 0.821. The largest absolute Gasteiger partial charge is 0.496 e. The van der Waals surface area contributed by atoms with Gasteiger partial charge in [0.05, 0.1) is 25.8 Å². The number of methoxy groups -OCH3 is 1. The molecule has 0 spiro atoms. The number of hydrogen-bond acceptors (Lipinski definition) is 3. The van der Waals surface area contributed by atoms with E-state index in [1.807, 2.05) is 41.3 Å². The number of benzene rings is 2. The second-order valence-electron chi connectivity index (χ2n) is 5.37. The van der Waals surface area contributed by atoms with Gasteiger partial charge in [-0.1, -0.05) is 40.2 Å². The van der Waals surface area contributed by atoms with E-state index in [9.17, 15) is 4.79 Å². The number of ether oxygens (including phenoxy) is 2. The number of halogens is 1. The van der Waals surface area contributed by atoms with E-state index < -0.39 is 0 Å². The number of morpholine rings is 1. The summed E-state index contributed by atoms with van der Waals surface area (Å²) < 4.78 is 12.2. The van der Waals surface area contributed by atoms with Crippen LogP contribution >= 0.6 is 15.9 Å². The second-order valence-corrected chi connectivity index (χ2v) is 6.28. The van der Waals surface area contributed by atoms with Gasteiger partial charge < -0.3 is 14.4 Å². The van der Waals surface area contributed by atoms with Gasteiger partial charge in [0.25, 0.3) is 5.91 Å². The van der Waals surface area contributed by atoms with Crippen LogP contribution < -0.4 is 4.74 Å². The fraction of sp³-hybridized carbons (Fsp3) is 0.278. The van der Waals surface area contributed by atoms with Crippen molar-refractivity contribution in [2.75, 3.05) is 26.8 Å². The summed E-state index contributed by atoms with van der Waals surface area (Å²) in [6, 6.07) is 15.3. The zero-order valence-electron chi connectivity index (χ0n) is 12.9. The molecule has 1 heterocycles. The maximum atomic E-state index is 12.8. The summed E-state index contributed by atoms with van der Waals surface area (Å²) in [5.74, 6) is 0.578. The molecular formula is C18H18BrNO3. The Bertz CT molecular complexity index is 704. The molecule has 0 aromatic heterocycles. The summed E-state index contributed by atoms with van der Waals surface area (Å²) in [5.41, 5.74) is 1.65. The molecule has 23 heavy (non-hydrogen) atoms. The maximum absolute atomic E-state index is 12.8. The van der Waals surface area contributed by atoms with Crippen LogP contribution in [-0.2, 0) is 4.74 Å². The molecule has 0 saturated carbocycles. The predicted molar refractivity (Wildman–Crippen MR) is 91.7 cm³/mol. The molecule has 1 aliphatic heterocycles. The molecule has 1 atom stereocenters. The molecule has 1 aliphatic rings. The van der Waals surface area contributed by atoms with E-state index in [0.717, 1.165) is 10.0 Å². The maximum Gasteiger partial charge on any atom is 0.257 e. The van der Waals surface area contributed by atoms with Gasteiger partial charge in [-0.3, -0.25) is 4.79 Å². The van der Waals surface area contributed by atoms with E-state index in [1.54, 1.807) is 19.2 Å². The Kier molecular flexibility index (Phi) is 4.98. The first-order valence-electron chi connectivity index (χ1n) is 7.48. The minimum atomic E-state index is -0.111. The normalized spacial score (nSPS) is 17.8. The average Bonchev–Trinajstić information content (AvgIpc) is 2.61. The molecule has 2 aromatic rings. The Morgan fingerprint density at radius 3 is 2.87 bits per heavy atom. The van der Waals surface area contributed by atoms with Gasteiger partial charge in [-0.05, 0) is 29.8 Å². The third-order valence-corrected chi connectivity index (χ3v) is 4.40. The number of carbonyl (C=O) groups is 1. The molecule has 1 unspecified atom stereocenters. The first-order chi connectivity index (χ1) is 11.2. The predicted octanol–water partition coefficient (Wildman–Crippen LogP) is 3.67. The van der Waals surface area contributed by atoms with Gasteiger partial charge in [-0.2, -0.15) is 0 Å². The standard InChI is InChI=1S/C18H18BrNO3/c1-22-16-8-3-2-7-15(16)18(21)20-9-10-23-17(12-20)13-5-4-6-14(19)11-13/h2-8,11,17H,9-10,12H2,1H3. The van der Waals surface area contributed by atoms with Crippen LogP contribution in [0, 0.1) is 0 Å². The van der Waals surface area contributed by atoms with Crippen molar-refractivity contribution < 1.29 is 14.3 Å². The van der Waals surface area contributed by atoms with Crippen molar-refractivity contribution in [3.05, 3.63) is 64.1 Å². The minimum absolute atomic E-state index is 0.0225. The van der Waals surface area contributed by atoms with Crippen molar-refractivity contribution in [1.29, 1.82) is 0 Å². The molecule has 0 aliphatic carbocycles. The Morgan fingerprint density at radius 1 is 1.26 bits per heavy atom. The van der Waals surface area contributed by atoms with Gasteiger partial charge in [-0.15, -0.1) is 0 Å². The van der Waals surface area contributed by atoms with Gasteiger partial charge in [0, 0.05) is 11.0 Å². The fourth-order valence-electron chi connectivity index (χ4n) is 2.73. The average molecular weight is 376 g/mol. The highest BCUT2D eigenvalue weighted by Crippen LogP contribution is 2.27. The summed E-state index contributed by atoms with van der Waals surface area (Å²) in [6.45, 7) is 1.65. The number of amides is 1. The monoisotopic (exact) mass is 375 g/mol. The number of para-hydroxylation sites is 1. The molecule has 1 fully saturated rings. The third-order valence-electron chi connectivity index (χ3n) is 3.91. The van der Waals surface area contributed by atoms with Crippen molar-refractivity contribution in [1.82, 2.24) is 4.90 Å². The molecule has 4 nitrogen and oxygen atoms in total. The smallest absolute Gasteiger partial charge is 0.257 e. The highest BCUT2D eigenvalue weighted by atomic mass is 79.9. The molecule has 0 radical (unpaired) electrons. The lowest BCUT2D eigenvalue weighted by atomic mass is 10.1. The first kappa shape index (κ1) is 16.0.